The SMILES string of the molecule is Cc1cc(C(C)(C)C)c(-c2c(C)nn(-c3[c-]c(Oc4[c-]c5c(cc4)c4ccccc4n5-c4cc(CC(C)C)ccn4)cc(C(C)(C)C)c3)c2C)c(C(C)(C)C)c1.[Pd+2]. The molecule has 7 aromatic rings. The number of para-hydroxylation sites is 1. The number of fused-ring (bicyclic) bond motifs is 3. The van der Waals surface area contributed by atoms with Crippen LogP contribution in [-0.2, 0) is 43.1 Å². The van der Waals surface area contributed by atoms with Crippen LogP contribution in [0.1, 0.15) is 115 Å². The molecule has 0 N–H and O–H groups in total. The summed E-state index contributed by atoms with van der Waals surface area (Å²) in [7, 11) is 0. The quantitative estimate of drug-likeness (QED) is 0.119. The summed E-state index contributed by atoms with van der Waals surface area (Å²) in [6.07, 6.45) is 2.91. The Morgan fingerprint density at radius 3 is 2.00 bits per heavy atom. The molecule has 0 saturated heterocycles. The fraction of sp³-hybridized carbons (Fsp3) is 0.373. The van der Waals surface area contributed by atoms with E-state index in [-0.39, 0.29) is 36.7 Å². The standard InChI is InChI=1S/C51H58N4O.Pd/c1-31(2)23-35-21-22-52-46(26-35)54-44-18-16-15-17-40(44)41-20-19-38(30-45(41)54)56-39-28-36(49(6,7)8)27-37(29-39)55-34(5)47(33(4)53-55)48-42(50(9,10)11)24-32(3)25-43(48)51(12,13)14;/h15-22,24-28,31H,23H2,1-14H3;/q-2;+2. The predicted molar refractivity (Wildman–Crippen MR) is 234 cm³/mol. The molecule has 5 nitrogen and oxygen atoms in total. The van der Waals surface area contributed by atoms with Gasteiger partial charge in [0.05, 0.1) is 5.69 Å². The molecular formula is C51H58N4OPd. The molecule has 0 saturated carbocycles. The largest absolute Gasteiger partial charge is 2.00 e. The van der Waals surface area contributed by atoms with E-state index in [1.807, 2.05) is 12.3 Å². The number of hydrogen-bond donors (Lipinski definition) is 0. The second kappa shape index (κ2) is 15.4. The van der Waals surface area contributed by atoms with Crippen LogP contribution in [0.3, 0.4) is 0 Å². The molecule has 0 unspecified atom stereocenters. The number of ether oxygens (including phenoxy) is 1. The molecule has 0 aliphatic rings. The molecular weight excluding hydrogens is 791 g/mol. The Balaban J connectivity index is 0.00000549. The van der Waals surface area contributed by atoms with Gasteiger partial charge in [0.2, 0.25) is 0 Å². The van der Waals surface area contributed by atoms with E-state index in [1.54, 1.807) is 0 Å². The second-order valence-electron chi connectivity index (χ2n) is 19.2. The summed E-state index contributed by atoms with van der Waals surface area (Å²) >= 11 is 0. The molecule has 6 heteroatoms. The smallest absolute Gasteiger partial charge is 0.509 e. The van der Waals surface area contributed by atoms with Crippen LogP contribution in [0.5, 0.6) is 11.5 Å². The monoisotopic (exact) mass is 848 g/mol. The first kappa shape index (κ1) is 42.1. The van der Waals surface area contributed by atoms with Gasteiger partial charge in [0, 0.05) is 34.5 Å². The van der Waals surface area contributed by atoms with Gasteiger partial charge in [0.1, 0.15) is 5.82 Å². The molecule has 0 aliphatic heterocycles. The van der Waals surface area contributed by atoms with Crippen LogP contribution in [0, 0.1) is 38.8 Å². The third-order valence-electron chi connectivity index (χ3n) is 10.8. The van der Waals surface area contributed by atoms with Crippen molar-refractivity contribution in [2.24, 2.45) is 5.92 Å². The van der Waals surface area contributed by atoms with Crippen molar-refractivity contribution >= 4 is 21.8 Å². The van der Waals surface area contributed by atoms with E-state index in [4.69, 9.17) is 14.8 Å². The van der Waals surface area contributed by atoms with Gasteiger partial charge in [-0.2, -0.15) is 11.2 Å². The van der Waals surface area contributed by atoms with Crippen LogP contribution in [0.2, 0.25) is 0 Å². The molecule has 0 amide bonds. The van der Waals surface area contributed by atoms with Crippen molar-refractivity contribution < 1.29 is 25.2 Å². The molecule has 0 fully saturated rings. The Hall–Kier alpha value is -4.50. The summed E-state index contributed by atoms with van der Waals surface area (Å²) in [5.74, 6) is 2.67. The Morgan fingerprint density at radius 2 is 1.37 bits per heavy atom. The van der Waals surface area contributed by atoms with Crippen LogP contribution in [-0.4, -0.2) is 19.3 Å². The molecule has 0 spiro atoms. The summed E-state index contributed by atoms with van der Waals surface area (Å²) < 4.78 is 11.0. The third-order valence-corrected chi connectivity index (χ3v) is 10.8. The van der Waals surface area contributed by atoms with E-state index in [0.29, 0.717) is 17.4 Å². The van der Waals surface area contributed by atoms with Crippen molar-refractivity contribution in [3.63, 3.8) is 0 Å². The second-order valence-corrected chi connectivity index (χ2v) is 19.2. The minimum absolute atomic E-state index is 0. The van der Waals surface area contributed by atoms with Crippen LogP contribution in [0.15, 0.2) is 79.0 Å². The predicted octanol–water partition coefficient (Wildman–Crippen LogP) is 13.4. The first-order valence-electron chi connectivity index (χ1n) is 20.1. The zero-order valence-corrected chi connectivity index (χ0v) is 37.9. The van der Waals surface area contributed by atoms with E-state index in [0.717, 1.165) is 56.7 Å². The van der Waals surface area contributed by atoms with Crippen LogP contribution in [0.25, 0.3) is 44.4 Å². The summed E-state index contributed by atoms with van der Waals surface area (Å²) in [5.41, 5.74) is 13.5. The summed E-state index contributed by atoms with van der Waals surface area (Å²) in [5, 5.41) is 7.50. The van der Waals surface area contributed by atoms with E-state index in [9.17, 15) is 0 Å². The fourth-order valence-corrected chi connectivity index (χ4v) is 8.08. The molecule has 3 heterocycles. The Bertz CT molecular complexity index is 2570. The molecule has 57 heavy (non-hydrogen) atoms. The topological polar surface area (TPSA) is 44.9 Å². The zero-order chi connectivity index (χ0) is 40.5. The average Bonchev–Trinajstić information content (AvgIpc) is 3.59. The van der Waals surface area contributed by atoms with E-state index >= 15 is 0 Å². The molecule has 298 valence electrons. The van der Waals surface area contributed by atoms with Crippen LogP contribution in [0.4, 0.5) is 0 Å². The number of pyridine rings is 1. The third kappa shape index (κ3) is 8.27. The Morgan fingerprint density at radius 1 is 0.702 bits per heavy atom. The van der Waals surface area contributed by atoms with Gasteiger partial charge in [0.25, 0.3) is 0 Å². The first-order chi connectivity index (χ1) is 26.2. The normalized spacial score (nSPS) is 12.5. The van der Waals surface area contributed by atoms with Gasteiger partial charge in [-0.15, -0.1) is 41.3 Å². The van der Waals surface area contributed by atoms with E-state index in [1.165, 1.54) is 33.4 Å². The molecule has 4 aromatic carbocycles. The zero-order valence-electron chi connectivity index (χ0n) is 36.3. The van der Waals surface area contributed by atoms with Gasteiger partial charge in [-0.3, -0.25) is 4.68 Å². The number of rotatable bonds is 7. The Kier molecular flexibility index (Phi) is 11.3. The molecule has 0 radical (unpaired) electrons. The van der Waals surface area contributed by atoms with Crippen molar-refractivity contribution in [2.45, 2.75) is 120 Å². The summed E-state index contributed by atoms with van der Waals surface area (Å²) in [6.45, 7) is 31.6. The number of benzene rings is 4. The summed E-state index contributed by atoms with van der Waals surface area (Å²) in [6, 6.07) is 33.3. The van der Waals surface area contributed by atoms with Crippen LogP contribution < -0.4 is 4.74 Å². The summed E-state index contributed by atoms with van der Waals surface area (Å²) in [4.78, 5) is 4.85. The first-order valence-corrected chi connectivity index (χ1v) is 20.1. The molecule has 0 bridgehead atoms. The Labute approximate surface area is 354 Å². The van der Waals surface area contributed by atoms with Gasteiger partial charge in [-0.25, -0.2) is 4.98 Å². The van der Waals surface area contributed by atoms with Crippen molar-refractivity contribution in [3.8, 4) is 34.1 Å². The van der Waals surface area contributed by atoms with Crippen molar-refractivity contribution in [3.05, 3.63) is 130 Å². The molecule has 0 atom stereocenters. The maximum atomic E-state index is 6.76. The number of hydrogen-bond acceptors (Lipinski definition) is 3. The van der Waals surface area contributed by atoms with E-state index in [2.05, 4.69) is 185 Å². The van der Waals surface area contributed by atoms with Gasteiger partial charge in [-0.1, -0.05) is 118 Å². The van der Waals surface area contributed by atoms with Crippen LogP contribution >= 0.6 is 0 Å². The minimum atomic E-state index is -0.149. The van der Waals surface area contributed by atoms with Crippen molar-refractivity contribution in [1.82, 2.24) is 19.3 Å². The number of aryl methyl sites for hydroxylation is 2. The van der Waals surface area contributed by atoms with Crippen molar-refractivity contribution in [2.75, 3.05) is 0 Å². The van der Waals surface area contributed by atoms with Gasteiger partial charge >= 0.3 is 20.4 Å². The number of aromatic nitrogens is 4. The van der Waals surface area contributed by atoms with E-state index < -0.39 is 0 Å². The van der Waals surface area contributed by atoms with Gasteiger partial charge in [-0.05, 0) is 101 Å². The molecule has 7 rings (SSSR count). The maximum Gasteiger partial charge on any atom is 2.00 e. The molecule has 0 aliphatic carbocycles. The number of nitrogens with zero attached hydrogens (tertiary/aromatic N) is 4. The average molecular weight is 849 g/mol. The van der Waals surface area contributed by atoms with Gasteiger partial charge in [0.15, 0.2) is 0 Å². The minimum Gasteiger partial charge on any atom is -0.509 e. The van der Waals surface area contributed by atoms with Gasteiger partial charge < -0.3 is 9.30 Å². The maximum absolute atomic E-state index is 6.76. The van der Waals surface area contributed by atoms with Crippen molar-refractivity contribution in [1.29, 1.82) is 0 Å². The fourth-order valence-electron chi connectivity index (χ4n) is 8.08. The molecule has 3 aromatic heterocycles.